The minimum Gasteiger partial charge on any atom is -0.326 e. The first-order chi connectivity index (χ1) is 9.42. The molecule has 5 nitrogen and oxygen atoms in total. The first kappa shape index (κ1) is 16.2. The summed E-state index contributed by atoms with van der Waals surface area (Å²) in [5, 5.41) is 8.67. The Bertz CT molecular complexity index is 484. The molecule has 0 heterocycles. The largest absolute Gasteiger partial charge is 0.326 e. The van der Waals surface area contributed by atoms with E-state index in [2.05, 4.69) is 16.0 Å². The van der Waals surface area contributed by atoms with Crippen molar-refractivity contribution < 1.29 is 9.59 Å². The molecule has 2 amide bonds. The molecule has 0 aliphatic carbocycles. The van der Waals surface area contributed by atoms with E-state index in [-0.39, 0.29) is 24.4 Å². The zero-order valence-corrected chi connectivity index (χ0v) is 12.5. The fraction of sp³-hybridized carbons (Fsp3) is 0.467. The van der Waals surface area contributed by atoms with Gasteiger partial charge in [-0.3, -0.25) is 9.59 Å². The fourth-order valence-corrected chi connectivity index (χ4v) is 1.58. The van der Waals surface area contributed by atoms with E-state index in [0.29, 0.717) is 12.1 Å². The number of rotatable bonds is 6. The second-order valence-corrected chi connectivity index (χ2v) is 5.02. The van der Waals surface area contributed by atoms with Crippen molar-refractivity contribution in [3.8, 4) is 0 Å². The summed E-state index contributed by atoms with van der Waals surface area (Å²) in [5.74, 6) is -0.145. The molecule has 110 valence electrons. The third-order valence-corrected chi connectivity index (χ3v) is 2.79. The molecule has 0 bridgehead atoms. The maximum atomic E-state index is 11.7. The average Bonchev–Trinajstić information content (AvgIpc) is 2.40. The van der Waals surface area contributed by atoms with E-state index in [9.17, 15) is 9.59 Å². The first-order valence-electron chi connectivity index (χ1n) is 6.86. The molecule has 0 saturated heterocycles. The Balaban J connectivity index is 2.69. The molecule has 0 aromatic heterocycles. The highest BCUT2D eigenvalue weighted by atomic mass is 16.2. The van der Waals surface area contributed by atoms with Gasteiger partial charge >= 0.3 is 0 Å². The molecule has 1 aromatic carbocycles. The van der Waals surface area contributed by atoms with Crippen LogP contribution in [0, 0.1) is 6.92 Å². The smallest absolute Gasteiger partial charge is 0.238 e. The van der Waals surface area contributed by atoms with Crippen molar-refractivity contribution in [2.45, 2.75) is 40.2 Å². The first-order valence-corrected chi connectivity index (χ1v) is 6.86. The van der Waals surface area contributed by atoms with Crippen LogP contribution in [0.5, 0.6) is 0 Å². The van der Waals surface area contributed by atoms with Gasteiger partial charge in [0.05, 0.1) is 6.54 Å². The van der Waals surface area contributed by atoms with Gasteiger partial charge in [0.2, 0.25) is 11.8 Å². The Morgan fingerprint density at radius 1 is 1.15 bits per heavy atom. The zero-order valence-electron chi connectivity index (χ0n) is 12.5. The molecule has 0 radical (unpaired) electrons. The Labute approximate surface area is 120 Å². The normalized spacial score (nSPS) is 10.4. The summed E-state index contributed by atoms with van der Waals surface area (Å²) >= 11 is 0. The Morgan fingerprint density at radius 3 is 2.45 bits per heavy atom. The van der Waals surface area contributed by atoms with Crippen LogP contribution in [0.2, 0.25) is 0 Å². The number of hydrogen-bond acceptors (Lipinski definition) is 3. The van der Waals surface area contributed by atoms with E-state index < -0.39 is 0 Å². The molecular weight excluding hydrogens is 254 g/mol. The van der Waals surface area contributed by atoms with Crippen molar-refractivity contribution in [1.29, 1.82) is 0 Å². The summed E-state index contributed by atoms with van der Waals surface area (Å²) in [7, 11) is 0. The van der Waals surface area contributed by atoms with Gasteiger partial charge in [0.25, 0.3) is 0 Å². The van der Waals surface area contributed by atoms with Crippen molar-refractivity contribution in [1.82, 2.24) is 5.32 Å². The van der Waals surface area contributed by atoms with Crippen LogP contribution in [0.1, 0.15) is 32.8 Å². The Kier molecular flexibility index (Phi) is 6.18. The molecule has 0 saturated carbocycles. The highest BCUT2D eigenvalue weighted by Crippen LogP contribution is 2.20. The van der Waals surface area contributed by atoms with Gasteiger partial charge in [0.1, 0.15) is 0 Å². The molecule has 0 spiro atoms. The summed E-state index contributed by atoms with van der Waals surface area (Å²) in [6.07, 6.45) is 0.425. The number of benzene rings is 1. The van der Waals surface area contributed by atoms with E-state index in [1.54, 1.807) is 13.0 Å². The van der Waals surface area contributed by atoms with Crippen molar-refractivity contribution in [3.63, 3.8) is 0 Å². The van der Waals surface area contributed by atoms with Gasteiger partial charge in [-0.15, -0.1) is 0 Å². The molecule has 3 N–H and O–H groups in total. The molecule has 0 aliphatic heterocycles. The number of anilines is 2. The van der Waals surface area contributed by atoms with E-state index in [1.165, 1.54) is 0 Å². The molecule has 0 fully saturated rings. The van der Waals surface area contributed by atoms with Crippen molar-refractivity contribution in [3.05, 3.63) is 23.8 Å². The number of carbonyl (C=O) groups excluding carboxylic acids is 2. The van der Waals surface area contributed by atoms with Crippen LogP contribution in [-0.4, -0.2) is 24.4 Å². The third kappa shape index (κ3) is 5.40. The summed E-state index contributed by atoms with van der Waals surface area (Å²) < 4.78 is 0. The summed E-state index contributed by atoms with van der Waals surface area (Å²) in [6.45, 7) is 7.95. The number of aryl methyl sites for hydroxylation is 1. The van der Waals surface area contributed by atoms with Gasteiger partial charge in [-0.25, -0.2) is 0 Å². The van der Waals surface area contributed by atoms with Crippen LogP contribution in [0.4, 0.5) is 11.4 Å². The molecule has 0 aliphatic rings. The molecule has 0 unspecified atom stereocenters. The number of carbonyl (C=O) groups is 2. The lowest BCUT2D eigenvalue weighted by Gasteiger charge is -2.12. The van der Waals surface area contributed by atoms with Gasteiger partial charge in [0.15, 0.2) is 0 Å². The Morgan fingerprint density at radius 2 is 1.85 bits per heavy atom. The average molecular weight is 277 g/mol. The molecule has 1 rings (SSSR count). The highest BCUT2D eigenvalue weighted by molar-refractivity contribution is 5.95. The minimum absolute atomic E-state index is 0.0435. The van der Waals surface area contributed by atoms with Gasteiger partial charge in [-0.1, -0.05) is 26.8 Å². The lowest BCUT2D eigenvalue weighted by Crippen LogP contribution is -2.32. The number of amides is 2. The van der Waals surface area contributed by atoms with Crippen LogP contribution in [0.25, 0.3) is 0 Å². The minimum atomic E-state index is -0.102. The number of hydrogen-bond donors (Lipinski definition) is 3. The summed E-state index contributed by atoms with van der Waals surface area (Å²) in [4.78, 5) is 23.2. The van der Waals surface area contributed by atoms with Crippen molar-refractivity contribution in [2.75, 3.05) is 17.2 Å². The maximum Gasteiger partial charge on any atom is 0.238 e. The number of nitrogens with one attached hydrogen (secondary N) is 3. The highest BCUT2D eigenvalue weighted by Gasteiger charge is 2.07. The van der Waals surface area contributed by atoms with E-state index in [1.807, 2.05) is 32.9 Å². The molecular formula is C15H23N3O2. The predicted molar refractivity (Wildman–Crippen MR) is 81.9 cm³/mol. The Hall–Kier alpha value is -1.88. The zero-order chi connectivity index (χ0) is 15.1. The third-order valence-electron chi connectivity index (χ3n) is 2.79. The van der Waals surface area contributed by atoms with E-state index in [4.69, 9.17) is 0 Å². The van der Waals surface area contributed by atoms with Crippen LogP contribution in [0.15, 0.2) is 18.2 Å². The van der Waals surface area contributed by atoms with Crippen LogP contribution >= 0.6 is 0 Å². The quantitative estimate of drug-likeness (QED) is 0.747. The van der Waals surface area contributed by atoms with Crippen LogP contribution in [0.3, 0.4) is 0 Å². The van der Waals surface area contributed by atoms with Gasteiger partial charge in [0, 0.05) is 23.8 Å². The van der Waals surface area contributed by atoms with Gasteiger partial charge < -0.3 is 16.0 Å². The lowest BCUT2D eigenvalue weighted by molar-refractivity contribution is -0.116. The van der Waals surface area contributed by atoms with Crippen LogP contribution in [-0.2, 0) is 9.59 Å². The van der Waals surface area contributed by atoms with Crippen LogP contribution < -0.4 is 16.0 Å². The predicted octanol–water partition coefficient (Wildman–Crippen LogP) is 2.28. The molecule has 0 atom stereocenters. The molecule has 1 aromatic rings. The lowest BCUT2D eigenvalue weighted by atomic mass is 10.1. The van der Waals surface area contributed by atoms with Gasteiger partial charge in [-0.2, -0.15) is 0 Å². The van der Waals surface area contributed by atoms with Crippen molar-refractivity contribution in [2.24, 2.45) is 0 Å². The SMILES string of the molecule is CCC(=O)Nc1cc(NC(=O)CNC(C)C)ccc1C. The standard InChI is InChI=1S/C15H23N3O2/c1-5-14(19)18-13-8-12(7-6-11(13)4)17-15(20)9-16-10(2)3/h6-8,10,16H,5,9H2,1-4H3,(H,17,20)(H,18,19). The fourth-order valence-electron chi connectivity index (χ4n) is 1.58. The van der Waals surface area contributed by atoms with E-state index >= 15 is 0 Å². The molecule has 20 heavy (non-hydrogen) atoms. The monoisotopic (exact) mass is 277 g/mol. The summed E-state index contributed by atoms with van der Waals surface area (Å²) in [6, 6.07) is 5.73. The van der Waals surface area contributed by atoms with Gasteiger partial charge in [-0.05, 0) is 24.6 Å². The van der Waals surface area contributed by atoms with E-state index in [0.717, 1.165) is 11.3 Å². The summed E-state index contributed by atoms with van der Waals surface area (Å²) in [5.41, 5.74) is 2.37. The van der Waals surface area contributed by atoms with Crippen molar-refractivity contribution >= 4 is 23.2 Å². The topological polar surface area (TPSA) is 70.2 Å². The second kappa shape index (κ2) is 7.65. The second-order valence-electron chi connectivity index (χ2n) is 5.02. The maximum absolute atomic E-state index is 11.7. The molecule has 5 heteroatoms.